The van der Waals surface area contributed by atoms with E-state index in [4.69, 9.17) is 5.11 Å². The van der Waals surface area contributed by atoms with Gasteiger partial charge in [0, 0.05) is 30.2 Å². The summed E-state index contributed by atoms with van der Waals surface area (Å²) in [5, 5.41) is 12.2. The van der Waals surface area contributed by atoms with Crippen LogP contribution in [-0.4, -0.2) is 21.0 Å². The van der Waals surface area contributed by atoms with Crippen LogP contribution in [-0.2, 0) is 6.54 Å². The SMILES string of the molecule is Cc1c(NCc2cncnc2)cccc1C(=O)O. The van der Waals surface area contributed by atoms with E-state index < -0.39 is 5.97 Å². The van der Waals surface area contributed by atoms with Gasteiger partial charge in [0.2, 0.25) is 0 Å². The van der Waals surface area contributed by atoms with Gasteiger partial charge in [0.25, 0.3) is 0 Å². The minimum Gasteiger partial charge on any atom is -0.478 e. The molecule has 0 spiro atoms. The molecule has 1 aromatic heterocycles. The van der Waals surface area contributed by atoms with Crippen LogP contribution in [0.4, 0.5) is 5.69 Å². The second-order valence-corrected chi connectivity index (χ2v) is 3.88. The molecule has 5 nitrogen and oxygen atoms in total. The highest BCUT2D eigenvalue weighted by molar-refractivity contribution is 5.91. The van der Waals surface area contributed by atoms with Crippen molar-refractivity contribution in [2.75, 3.05) is 5.32 Å². The van der Waals surface area contributed by atoms with Crippen molar-refractivity contribution < 1.29 is 9.90 Å². The Labute approximate surface area is 105 Å². The van der Waals surface area contributed by atoms with Crippen LogP contribution in [0.15, 0.2) is 36.9 Å². The molecule has 5 heteroatoms. The molecule has 0 amide bonds. The van der Waals surface area contributed by atoms with Crippen LogP contribution in [0.3, 0.4) is 0 Å². The number of carboxylic acids is 1. The van der Waals surface area contributed by atoms with Gasteiger partial charge in [0.15, 0.2) is 0 Å². The Kier molecular flexibility index (Phi) is 3.52. The number of carbonyl (C=O) groups is 1. The zero-order valence-corrected chi connectivity index (χ0v) is 9.92. The average Bonchev–Trinajstić information content (AvgIpc) is 2.38. The highest BCUT2D eigenvalue weighted by Gasteiger charge is 2.09. The van der Waals surface area contributed by atoms with Gasteiger partial charge >= 0.3 is 5.97 Å². The summed E-state index contributed by atoms with van der Waals surface area (Å²) in [6, 6.07) is 5.17. The molecular formula is C13H13N3O2. The van der Waals surface area contributed by atoms with Gasteiger partial charge in [0.05, 0.1) is 5.56 Å². The molecule has 0 unspecified atom stereocenters. The van der Waals surface area contributed by atoms with Crippen molar-refractivity contribution in [2.45, 2.75) is 13.5 Å². The summed E-state index contributed by atoms with van der Waals surface area (Å²) >= 11 is 0. The van der Waals surface area contributed by atoms with Crippen molar-refractivity contribution in [3.05, 3.63) is 53.6 Å². The molecule has 0 aliphatic rings. The maximum absolute atomic E-state index is 11.0. The number of carboxylic acid groups (broad SMARTS) is 1. The zero-order chi connectivity index (χ0) is 13.0. The van der Waals surface area contributed by atoms with Gasteiger partial charge < -0.3 is 10.4 Å². The monoisotopic (exact) mass is 243 g/mol. The molecule has 0 bridgehead atoms. The van der Waals surface area contributed by atoms with E-state index in [0.717, 1.165) is 16.8 Å². The normalized spacial score (nSPS) is 10.1. The quantitative estimate of drug-likeness (QED) is 0.860. The first-order valence-electron chi connectivity index (χ1n) is 5.49. The lowest BCUT2D eigenvalue weighted by atomic mass is 10.1. The molecule has 2 rings (SSSR count). The van der Waals surface area contributed by atoms with E-state index in [0.29, 0.717) is 12.1 Å². The Morgan fingerprint density at radius 3 is 2.72 bits per heavy atom. The fourth-order valence-electron chi connectivity index (χ4n) is 1.68. The fraction of sp³-hybridized carbons (Fsp3) is 0.154. The van der Waals surface area contributed by atoms with Gasteiger partial charge in [-0.15, -0.1) is 0 Å². The van der Waals surface area contributed by atoms with Crippen LogP contribution in [0.25, 0.3) is 0 Å². The second-order valence-electron chi connectivity index (χ2n) is 3.88. The summed E-state index contributed by atoms with van der Waals surface area (Å²) in [4.78, 5) is 18.8. The van der Waals surface area contributed by atoms with Crippen LogP contribution in [0, 0.1) is 6.92 Å². The molecule has 0 fully saturated rings. The molecule has 2 N–H and O–H groups in total. The molecule has 1 aromatic carbocycles. The van der Waals surface area contributed by atoms with Crippen LogP contribution in [0.5, 0.6) is 0 Å². The van der Waals surface area contributed by atoms with Crippen molar-refractivity contribution in [3.8, 4) is 0 Å². The first-order chi connectivity index (χ1) is 8.68. The number of anilines is 1. The van der Waals surface area contributed by atoms with E-state index in [1.807, 2.05) is 6.07 Å². The lowest BCUT2D eigenvalue weighted by Gasteiger charge is -2.11. The predicted octanol–water partition coefficient (Wildman–Crippen LogP) is 2.10. The summed E-state index contributed by atoms with van der Waals surface area (Å²) in [5.74, 6) is -0.917. The number of rotatable bonds is 4. The molecule has 0 radical (unpaired) electrons. The van der Waals surface area contributed by atoms with Gasteiger partial charge in [-0.25, -0.2) is 14.8 Å². The highest BCUT2D eigenvalue weighted by Crippen LogP contribution is 2.19. The maximum atomic E-state index is 11.0. The molecule has 1 heterocycles. The average molecular weight is 243 g/mol. The number of aromatic nitrogens is 2. The van der Waals surface area contributed by atoms with Crippen LogP contribution in [0.2, 0.25) is 0 Å². The maximum Gasteiger partial charge on any atom is 0.336 e. The predicted molar refractivity (Wildman–Crippen MR) is 67.5 cm³/mol. The number of aromatic carboxylic acids is 1. The van der Waals surface area contributed by atoms with Gasteiger partial charge in [-0.1, -0.05) is 6.07 Å². The van der Waals surface area contributed by atoms with E-state index in [1.54, 1.807) is 31.5 Å². The molecule has 0 atom stereocenters. The Hall–Kier alpha value is -2.43. The Balaban J connectivity index is 2.15. The molecule has 0 saturated heterocycles. The summed E-state index contributed by atoms with van der Waals surface area (Å²) in [6.07, 6.45) is 4.91. The van der Waals surface area contributed by atoms with Crippen molar-refractivity contribution in [1.82, 2.24) is 9.97 Å². The number of nitrogens with zero attached hydrogens (tertiary/aromatic N) is 2. The van der Waals surface area contributed by atoms with Crippen LogP contribution >= 0.6 is 0 Å². The molecule has 0 saturated carbocycles. The summed E-state index contributed by atoms with van der Waals surface area (Å²) in [6.45, 7) is 2.35. The largest absolute Gasteiger partial charge is 0.478 e. The van der Waals surface area contributed by atoms with Crippen molar-refractivity contribution >= 4 is 11.7 Å². The minimum absolute atomic E-state index is 0.310. The standard InChI is InChI=1S/C13H13N3O2/c1-9-11(13(17)18)3-2-4-12(9)16-7-10-5-14-8-15-6-10/h2-6,8,16H,7H2,1H3,(H,17,18). The molecular weight excluding hydrogens is 230 g/mol. The highest BCUT2D eigenvalue weighted by atomic mass is 16.4. The number of hydrogen-bond acceptors (Lipinski definition) is 4. The van der Waals surface area contributed by atoms with Gasteiger partial charge in [-0.05, 0) is 24.6 Å². The smallest absolute Gasteiger partial charge is 0.336 e. The number of benzene rings is 1. The molecule has 92 valence electrons. The first kappa shape index (κ1) is 12.0. The lowest BCUT2D eigenvalue weighted by Crippen LogP contribution is -2.06. The van der Waals surface area contributed by atoms with Gasteiger partial charge in [-0.2, -0.15) is 0 Å². The zero-order valence-electron chi connectivity index (χ0n) is 9.92. The van der Waals surface area contributed by atoms with Crippen molar-refractivity contribution in [3.63, 3.8) is 0 Å². The molecule has 2 aromatic rings. The Morgan fingerprint density at radius 2 is 2.06 bits per heavy atom. The Morgan fingerprint density at radius 1 is 1.33 bits per heavy atom. The van der Waals surface area contributed by atoms with Gasteiger partial charge in [0.1, 0.15) is 6.33 Å². The summed E-state index contributed by atoms with van der Waals surface area (Å²) in [5.41, 5.74) is 2.78. The Bertz CT molecular complexity index is 555. The number of nitrogens with one attached hydrogen (secondary N) is 1. The van der Waals surface area contributed by atoms with Crippen molar-refractivity contribution in [2.24, 2.45) is 0 Å². The van der Waals surface area contributed by atoms with E-state index in [2.05, 4.69) is 15.3 Å². The molecule has 0 aliphatic heterocycles. The second kappa shape index (κ2) is 5.27. The molecule has 0 aliphatic carbocycles. The lowest BCUT2D eigenvalue weighted by molar-refractivity contribution is 0.0696. The summed E-state index contributed by atoms with van der Waals surface area (Å²) in [7, 11) is 0. The third-order valence-electron chi connectivity index (χ3n) is 2.66. The fourth-order valence-corrected chi connectivity index (χ4v) is 1.68. The topological polar surface area (TPSA) is 75.1 Å². The van der Waals surface area contributed by atoms with E-state index >= 15 is 0 Å². The van der Waals surface area contributed by atoms with E-state index in [1.165, 1.54) is 6.33 Å². The van der Waals surface area contributed by atoms with Crippen molar-refractivity contribution in [1.29, 1.82) is 0 Å². The number of hydrogen-bond donors (Lipinski definition) is 2. The van der Waals surface area contributed by atoms with Gasteiger partial charge in [-0.3, -0.25) is 0 Å². The molecule has 18 heavy (non-hydrogen) atoms. The summed E-state index contributed by atoms with van der Waals surface area (Å²) < 4.78 is 0. The van der Waals surface area contributed by atoms with E-state index in [-0.39, 0.29) is 0 Å². The third-order valence-corrected chi connectivity index (χ3v) is 2.66. The third kappa shape index (κ3) is 2.63. The van der Waals surface area contributed by atoms with Crippen LogP contribution < -0.4 is 5.32 Å². The van der Waals surface area contributed by atoms with Crippen LogP contribution in [0.1, 0.15) is 21.5 Å². The van der Waals surface area contributed by atoms with E-state index in [9.17, 15) is 4.79 Å². The minimum atomic E-state index is -0.917. The first-order valence-corrected chi connectivity index (χ1v) is 5.49.